The first-order chi connectivity index (χ1) is 13.6. The molecule has 1 aliphatic heterocycles. The van der Waals surface area contributed by atoms with Gasteiger partial charge in [0.05, 0.1) is 5.69 Å². The molecule has 2 aromatic carbocycles. The lowest BCUT2D eigenvalue weighted by molar-refractivity contribution is 0.617. The summed E-state index contributed by atoms with van der Waals surface area (Å²) in [6.07, 6.45) is 4.97. The van der Waals surface area contributed by atoms with Crippen LogP contribution in [0.4, 0.5) is 10.1 Å². The maximum absolute atomic E-state index is 14.5. The lowest BCUT2D eigenvalue weighted by Gasteiger charge is -2.19. The summed E-state index contributed by atoms with van der Waals surface area (Å²) in [7, 11) is 2.03. The smallest absolute Gasteiger partial charge is 0.173 e. The van der Waals surface area contributed by atoms with E-state index in [2.05, 4.69) is 51.6 Å². The highest BCUT2D eigenvalue weighted by Crippen LogP contribution is 2.30. The SMILES string of the molecule is CNC1CCN(c2ccc3cc(-c4cc(F)c5nc(C)cn5c4)ccc3c2)C1. The molecule has 0 radical (unpaired) electrons. The summed E-state index contributed by atoms with van der Waals surface area (Å²) in [6, 6.07) is 15.1. The molecule has 0 amide bonds. The standard InChI is InChI=1S/C23H23FN4/c1-15-12-28-13-19(11-22(24)23(28)26-15)17-3-4-18-10-21(6-5-16(18)9-17)27-8-7-20(14-27)25-2/h3-6,9-13,20,25H,7-8,14H2,1-2H3. The fourth-order valence-corrected chi connectivity index (χ4v) is 4.18. The van der Waals surface area contributed by atoms with Crippen LogP contribution in [-0.4, -0.2) is 35.6 Å². The van der Waals surface area contributed by atoms with E-state index in [0.717, 1.165) is 35.3 Å². The maximum Gasteiger partial charge on any atom is 0.173 e. The molecule has 1 unspecified atom stereocenters. The lowest BCUT2D eigenvalue weighted by Crippen LogP contribution is -2.29. The fraction of sp³-hybridized carbons (Fsp3) is 0.261. The Bertz CT molecular complexity index is 1180. The number of imidazole rings is 1. The third-order valence-electron chi connectivity index (χ3n) is 5.75. The maximum atomic E-state index is 14.5. The second kappa shape index (κ2) is 6.60. The van der Waals surface area contributed by atoms with Crippen LogP contribution in [0.15, 0.2) is 54.9 Å². The quantitative estimate of drug-likeness (QED) is 0.577. The van der Waals surface area contributed by atoms with Crippen LogP contribution in [-0.2, 0) is 0 Å². The highest BCUT2D eigenvalue weighted by Gasteiger charge is 2.21. The number of benzene rings is 2. The van der Waals surface area contributed by atoms with Crippen molar-refractivity contribution in [1.82, 2.24) is 14.7 Å². The highest BCUT2D eigenvalue weighted by molar-refractivity contribution is 5.90. The summed E-state index contributed by atoms with van der Waals surface area (Å²) in [4.78, 5) is 6.66. The van der Waals surface area contributed by atoms with Crippen molar-refractivity contribution in [3.8, 4) is 11.1 Å². The van der Waals surface area contributed by atoms with Gasteiger partial charge in [0, 0.05) is 42.8 Å². The van der Waals surface area contributed by atoms with E-state index < -0.39 is 0 Å². The van der Waals surface area contributed by atoms with Crippen molar-refractivity contribution in [2.24, 2.45) is 0 Å². The number of hydrogen-bond donors (Lipinski definition) is 1. The number of halogens is 1. The average molecular weight is 374 g/mol. The number of fused-ring (bicyclic) bond motifs is 2. The third-order valence-corrected chi connectivity index (χ3v) is 5.75. The molecule has 2 aromatic heterocycles. The zero-order chi connectivity index (χ0) is 19.3. The molecule has 5 heteroatoms. The molecular formula is C23H23FN4. The Labute approximate surface area is 163 Å². The first kappa shape index (κ1) is 17.2. The largest absolute Gasteiger partial charge is 0.370 e. The normalized spacial score (nSPS) is 17.1. The zero-order valence-electron chi connectivity index (χ0n) is 16.1. The van der Waals surface area contributed by atoms with Gasteiger partial charge >= 0.3 is 0 Å². The molecule has 0 bridgehead atoms. The first-order valence-electron chi connectivity index (χ1n) is 9.72. The molecule has 5 rings (SSSR count). The number of pyridine rings is 1. The third kappa shape index (κ3) is 2.92. The highest BCUT2D eigenvalue weighted by atomic mass is 19.1. The van der Waals surface area contributed by atoms with Crippen molar-refractivity contribution in [3.63, 3.8) is 0 Å². The van der Waals surface area contributed by atoms with E-state index >= 15 is 0 Å². The van der Waals surface area contributed by atoms with Gasteiger partial charge in [-0.3, -0.25) is 0 Å². The molecule has 0 aliphatic carbocycles. The van der Waals surface area contributed by atoms with Gasteiger partial charge in [0.25, 0.3) is 0 Å². The van der Waals surface area contributed by atoms with Crippen molar-refractivity contribution in [2.45, 2.75) is 19.4 Å². The monoisotopic (exact) mass is 374 g/mol. The van der Waals surface area contributed by atoms with Gasteiger partial charge in [0.2, 0.25) is 0 Å². The Kier molecular flexibility index (Phi) is 4.05. The minimum atomic E-state index is -0.297. The van der Waals surface area contributed by atoms with Crippen molar-refractivity contribution in [1.29, 1.82) is 0 Å². The number of nitrogens with zero attached hydrogens (tertiary/aromatic N) is 3. The van der Waals surface area contributed by atoms with Gasteiger partial charge in [-0.25, -0.2) is 9.37 Å². The van der Waals surface area contributed by atoms with Crippen LogP contribution in [0.3, 0.4) is 0 Å². The number of aromatic nitrogens is 2. The van der Waals surface area contributed by atoms with Gasteiger partial charge in [-0.1, -0.05) is 18.2 Å². The zero-order valence-corrected chi connectivity index (χ0v) is 16.1. The molecule has 142 valence electrons. The van der Waals surface area contributed by atoms with Crippen LogP contribution in [0.5, 0.6) is 0 Å². The molecule has 1 aliphatic rings. The minimum absolute atomic E-state index is 0.297. The average Bonchev–Trinajstić information content (AvgIpc) is 3.33. The van der Waals surface area contributed by atoms with E-state index in [1.165, 1.54) is 17.5 Å². The van der Waals surface area contributed by atoms with Crippen molar-refractivity contribution in [3.05, 3.63) is 66.4 Å². The Morgan fingerprint density at radius 2 is 1.86 bits per heavy atom. The van der Waals surface area contributed by atoms with E-state index in [1.807, 2.05) is 26.4 Å². The Morgan fingerprint density at radius 1 is 1.04 bits per heavy atom. The van der Waals surface area contributed by atoms with Crippen molar-refractivity contribution < 1.29 is 4.39 Å². The molecular weight excluding hydrogens is 351 g/mol. The number of aryl methyl sites for hydroxylation is 1. The van der Waals surface area contributed by atoms with Gasteiger partial charge in [0.15, 0.2) is 11.5 Å². The first-order valence-corrected chi connectivity index (χ1v) is 9.72. The van der Waals surface area contributed by atoms with E-state index in [4.69, 9.17) is 0 Å². The van der Waals surface area contributed by atoms with Gasteiger partial charge in [-0.2, -0.15) is 0 Å². The van der Waals surface area contributed by atoms with Crippen LogP contribution in [0, 0.1) is 12.7 Å². The minimum Gasteiger partial charge on any atom is -0.370 e. The summed E-state index contributed by atoms with van der Waals surface area (Å²) < 4.78 is 16.2. The summed E-state index contributed by atoms with van der Waals surface area (Å²) in [5.74, 6) is -0.297. The molecule has 1 atom stereocenters. The molecule has 4 nitrogen and oxygen atoms in total. The van der Waals surface area contributed by atoms with Gasteiger partial charge < -0.3 is 14.6 Å². The fourth-order valence-electron chi connectivity index (χ4n) is 4.18. The number of hydrogen-bond acceptors (Lipinski definition) is 3. The Hall–Kier alpha value is -2.92. The second-order valence-corrected chi connectivity index (χ2v) is 7.66. The van der Waals surface area contributed by atoms with Crippen LogP contribution in [0.2, 0.25) is 0 Å². The predicted octanol–water partition coefficient (Wildman–Crippen LogP) is 4.40. The molecule has 0 spiro atoms. The molecule has 4 aromatic rings. The van der Waals surface area contributed by atoms with Gasteiger partial charge in [-0.15, -0.1) is 0 Å². The van der Waals surface area contributed by atoms with Crippen LogP contribution >= 0.6 is 0 Å². The lowest BCUT2D eigenvalue weighted by atomic mass is 10.0. The summed E-state index contributed by atoms with van der Waals surface area (Å²) in [6.45, 7) is 4.00. The molecule has 1 saturated heterocycles. The molecule has 1 N–H and O–H groups in total. The summed E-state index contributed by atoms with van der Waals surface area (Å²) in [5, 5.41) is 5.73. The Morgan fingerprint density at radius 3 is 2.68 bits per heavy atom. The number of nitrogens with one attached hydrogen (secondary N) is 1. The summed E-state index contributed by atoms with van der Waals surface area (Å²) >= 11 is 0. The topological polar surface area (TPSA) is 32.6 Å². The van der Waals surface area contributed by atoms with Gasteiger partial charge in [0.1, 0.15) is 0 Å². The van der Waals surface area contributed by atoms with Crippen LogP contribution < -0.4 is 10.2 Å². The van der Waals surface area contributed by atoms with E-state index in [9.17, 15) is 4.39 Å². The molecule has 1 fully saturated rings. The van der Waals surface area contributed by atoms with E-state index in [1.54, 1.807) is 10.5 Å². The van der Waals surface area contributed by atoms with E-state index in [0.29, 0.717) is 11.7 Å². The van der Waals surface area contributed by atoms with Crippen LogP contribution in [0.1, 0.15) is 12.1 Å². The van der Waals surface area contributed by atoms with E-state index in [-0.39, 0.29) is 5.82 Å². The van der Waals surface area contributed by atoms with Crippen LogP contribution in [0.25, 0.3) is 27.5 Å². The molecule has 3 heterocycles. The second-order valence-electron chi connectivity index (χ2n) is 7.66. The number of anilines is 1. The number of likely N-dealkylation sites (N-methyl/N-ethyl adjacent to an activating group) is 1. The molecule has 0 saturated carbocycles. The summed E-state index contributed by atoms with van der Waals surface area (Å²) in [5.41, 5.74) is 4.30. The molecule has 28 heavy (non-hydrogen) atoms. The van der Waals surface area contributed by atoms with Crippen molar-refractivity contribution >= 4 is 22.1 Å². The predicted molar refractivity (Wildman–Crippen MR) is 113 cm³/mol. The Balaban J connectivity index is 1.51. The van der Waals surface area contributed by atoms with Crippen molar-refractivity contribution in [2.75, 3.05) is 25.0 Å². The number of rotatable bonds is 3. The van der Waals surface area contributed by atoms with Gasteiger partial charge in [-0.05, 0) is 61.0 Å².